The van der Waals surface area contributed by atoms with Gasteiger partial charge < -0.3 is 19.0 Å². The molecule has 10 heteroatoms. The summed E-state index contributed by atoms with van der Waals surface area (Å²) in [5.41, 5.74) is 0.643. The Morgan fingerprint density at radius 2 is 1.73 bits per heavy atom. The summed E-state index contributed by atoms with van der Waals surface area (Å²) in [6.07, 6.45) is 2.47. The number of carbonyl (C=O) groups is 3. The van der Waals surface area contributed by atoms with Gasteiger partial charge in [-0.15, -0.1) is 0 Å². The van der Waals surface area contributed by atoms with Gasteiger partial charge in [0.2, 0.25) is 0 Å². The number of ether oxygens (including phenoxy) is 1. The van der Waals surface area contributed by atoms with Gasteiger partial charge in [0.05, 0.1) is 16.7 Å². The number of hydrogen-bond donors (Lipinski definition) is 0. The van der Waals surface area contributed by atoms with Crippen LogP contribution in [0.4, 0.5) is 0 Å². The monoisotopic (exact) mass is 434 g/mol. The zero-order chi connectivity index (χ0) is 21.9. The van der Waals surface area contributed by atoms with Crippen LogP contribution in [0.25, 0.3) is 0 Å². The molecule has 1 aliphatic heterocycles. The Labute approximate surface area is 174 Å². The predicted molar refractivity (Wildman–Crippen MR) is 106 cm³/mol. The van der Waals surface area contributed by atoms with Crippen molar-refractivity contribution in [2.75, 3.05) is 39.0 Å². The molecule has 30 heavy (non-hydrogen) atoms. The van der Waals surface area contributed by atoms with Gasteiger partial charge in [0.15, 0.2) is 22.2 Å². The highest BCUT2D eigenvalue weighted by atomic mass is 32.2. The highest BCUT2D eigenvalue weighted by Gasteiger charge is 2.27. The van der Waals surface area contributed by atoms with Crippen molar-refractivity contribution in [3.8, 4) is 0 Å². The van der Waals surface area contributed by atoms with E-state index in [-0.39, 0.29) is 28.0 Å². The van der Waals surface area contributed by atoms with Gasteiger partial charge in [-0.2, -0.15) is 0 Å². The molecule has 2 amide bonds. The lowest BCUT2D eigenvalue weighted by molar-refractivity contribution is -0.136. The molecule has 0 unspecified atom stereocenters. The summed E-state index contributed by atoms with van der Waals surface area (Å²) in [6.45, 7) is 2.49. The molecule has 0 radical (unpaired) electrons. The Morgan fingerprint density at radius 3 is 2.33 bits per heavy atom. The Hall–Kier alpha value is -3.14. The van der Waals surface area contributed by atoms with E-state index in [1.807, 2.05) is 0 Å². The number of hydrogen-bond acceptors (Lipinski definition) is 7. The summed E-state index contributed by atoms with van der Waals surface area (Å²) < 4.78 is 33.6. The third-order valence-corrected chi connectivity index (χ3v) is 5.95. The number of furan rings is 1. The third kappa shape index (κ3) is 4.88. The number of benzene rings is 1. The standard InChI is InChI=1S/C20H22N2O7S/c1-14-5-6-15(30(2,26)27)12-16(14)20(25)29-13-18(23)21-7-9-22(10-8-21)19(24)17-4-3-11-28-17/h3-6,11-12H,7-10,13H2,1-2H3. The van der Waals surface area contributed by atoms with E-state index in [2.05, 4.69) is 0 Å². The van der Waals surface area contributed by atoms with Gasteiger partial charge in [0.25, 0.3) is 11.8 Å². The topological polar surface area (TPSA) is 114 Å². The Balaban J connectivity index is 1.54. The molecule has 0 aliphatic carbocycles. The van der Waals surface area contributed by atoms with Crippen LogP contribution < -0.4 is 0 Å². The molecule has 0 bridgehead atoms. The number of nitrogens with zero attached hydrogens (tertiary/aromatic N) is 2. The Bertz CT molecular complexity index is 1050. The van der Waals surface area contributed by atoms with Crippen LogP contribution in [0.2, 0.25) is 0 Å². The Kier molecular flexibility index (Phi) is 6.25. The van der Waals surface area contributed by atoms with E-state index in [4.69, 9.17) is 9.15 Å². The van der Waals surface area contributed by atoms with Crippen LogP contribution in [0.3, 0.4) is 0 Å². The molecule has 1 aromatic heterocycles. The molecule has 1 saturated heterocycles. The fraction of sp³-hybridized carbons (Fsp3) is 0.350. The van der Waals surface area contributed by atoms with Crippen LogP contribution in [0.5, 0.6) is 0 Å². The number of rotatable bonds is 5. The van der Waals surface area contributed by atoms with E-state index in [0.29, 0.717) is 31.7 Å². The maximum atomic E-state index is 12.4. The van der Waals surface area contributed by atoms with Crippen molar-refractivity contribution in [2.24, 2.45) is 0 Å². The molecular formula is C20H22N2O7S. The number of sulfone groups is 1. The van der Waals surface area contributed by atoms with E-state index in [9.17, 15) is 22.8 Å². The maximum Gasteiger partial charge on any atom is 0.338 e. The average Bonchev–Trinajstić information content (AvgIpc) is 3.25. The zero-order valence-electron chi connectivity index (χ0n) is 16.7. The summed E-state index contributed by atoms with van der Waals surface area (Å²) in [4.78, 5) is 40.1. The second-order valence-electron chi connectivity index (χ2n) is 6.98. The summed E-state index contributed by atoms with van der Waals surface area (Å²) in [5, 5.41) is 0. The molecule has 160 valence electrons. The molecule has 2 aromatic rings. The van der Waals surface area contributed by atoms with Crippen LogP contribution in [0.1, 0.15) is 26.5 Å². The highest BCUT2D eigenvalue weighted by molar-refractivity contribution is 7.90. The lowest BCUT2D eigenvalue weighted by Gasteiger charge is -2.34. The van der Waals surface area contributed by atoms with Crippen LogP contribution in [-0.4, -0.2) is 75.0 Å². The molecule has 2 heterocycles. The summed E-state index contributed by atoms with van der Waals surface area (Å²) in [6, 6.07) is 7.39. The number of carbonyl (C=O) groups excluding carboxylic acids is 3. The lowest BCUT2D eigenvalue weighted by atomic mass is 10.1. The van der Waals surface area contributed by atoms with E-state index >= 15 is 0 Å². The van der Waals surface area contributed by atoms with Gasteiger partial charge in [0.1, 0.15) is 0 Å². The zero-order valence-corrected chi connectivity index (χ0v) is 17.5. The SMILES string of the molecule is Cc1ccc(S(C)(=O)=O)cc1C(=O)OCC(=O)N1CCN(C(=O)c2ccco2)CC1. The Morgan fingerprint density at radius 1 is 1.07 bits per heavy atom. The highest BCUT2D eigenvalue weighted by Crippen LogP contribution is 2.17. The van der Waals surface area contributed by atoms with Crippen molar-refractivity contribution >= 4 is 27.6 Å². The number of piperazine rings is 1. The largest absolute Gasteiger partial charge is 0.459 e. The maximum absolute atomic E-state index is 12.4. The molecule has 0 spiro atoms. The van der Waals surface area contributed by atoms with Crippen LogP contribution in [0.15, 0.2) is 45.9 Å². The number of amides is 2. The minimum atomic E-state index is -3.47. The van der Waals surface area contributed by atoms with Crippen LogP contribution >= 0.6 is 0 Å². The first-order valence-electron chi connectivity index (χ1n) is 9.25. The van der Waals surface area contributed by atoms with E-state index < -0.39 is 22.4 Å². The fourth-order valence-electron chi connectivity index (χ4n) is 3.06. The minimum absolute atomic E-state index is 0.00345. The summed E-state index contributed by atoms with van der Waals surface area (Å²) >= 11 is 0. The van der Waals surface area contributed by atoms with E-state index in [1.165, 1.54) is 29.4 Å². The molecule has 1 aliphatic rings. The first-order chi connectivity index (χ1) is 14.2. The minimum Gasteiger partial charge on any atom is -0.459 e. The molecule has 0 saturated carbocycles. The van der Waals surface area contributed by atoms with Gasteiger partial charge in [0, 0.05) is 32.4 Å². The summed E-state index contributed by atoms with van der Waals surface area (Å²) in [7, 11) is -3.47. The van der Waals surface area contributed by atoms with Crippen molar-refractivity contribution in [3.63, 3.8) is 0 Å². The van der Waals surface area contributed by atoms with Gasteiger partial charge in [-0.05, 0) is 36.8 Å². The molecule has 1 fully saturated rings. The van der Waals surface area contributed by atoms with Crippen LogP contribution in [-0.2, 0) is 19.4 Å². The molecule has 0 N–H and O–H groups in total. The van der Waals surface area contributed by atoms with Crippen molar-refractivity contribution in [2.45, 2.75) is 11.8 Å². The number of aryl methyl sites for hydroxylation is 1. The molecule has 0 atom stereocenters. The molecular weight excluding hydrogens is 412 g/mol. The molecule has 3 rings (SSSR count). The van der Waals surface area contributed by atoms with E-state index in [1.54, 1.807) is 24.0 Å². The number of esters is 1. The second kappa shape index (κ2) is 8.70. The predicted octanol–water partition coefficient (Wildman–Crippen LogP) is 1.13. The van der Waals surface area contributed by atoms with Gasteiger partial charge in [-0.25, -0.2) is 13.2 Å². The molecule has 9 nitrogen and oxygen atoms in total. The van der Waals surface area contributed by atoms with Crippen molar-refractivity contribution in [3.05, 3.63) is 53.5 Å². The third-order valence-electron chi connectivity index (χ3n) is 4.84. The fourth-order valence-corrected chi connectivity index (χ4v) is 3.71. The average molecular weight is 434 g/mol. The lowest BCUT2D eigenvalue weighted by Crippen LogP contribution is -2.51. The van der Waals surface area contributed by atoms with Gasteiger partial charge in [-0.3, -0.25) is 9.59 Å². The van der Waals surface area contributed by atoms with Crippen molar-refractivity contribution in [1.29, 1.82) is 0 Å². The van der Waals surface area contributed by atoms with Gasteiger partial charge in [-0.1, -0.05) is 6.07 Å². The van der Waals surface area contributed by atoms with Crippen molar-refractivity contribution in [1.82, 2.24) is 9.80 Å². The first-order valence-corrected chi connectivity index (χ1v) is 11.1. The second-order valence-corrected chi connectivity index (χ2v) is 8.99. The molecule has 1 aromatic carbocycles. The quantitative estimate of drug-likeness (QED) is 0.648. The summed E-state index contributed by atoms with van der Waals surface area (Å²) in [5.74, 6) is -1.14. The smallest absolute Gasteiger partial charge is 0.338 e. The van der Waals surface area contributed by atoms with Crippen molar-refractivity contribution < 1.29 is 32.0 Å². The van der Waals surface area contributed by atoms with Crippen LogP contribution in [0, 0.1) is 6.92 Å². The van der Waals surface area contributed by atoms with E-state index in [0.717, 1.165) is 6.26 Å². The normalized spacial score (nSPS) is 14.5. The first kappa shape index (κ1) is 21.6. The van der Waals surface area contributed by atoms with Gasteiger partial charge >= 0.3 is 5.97 Å².